The first-order chi connectivity index (χ1) is 10.8. The molecule has 1 aliphatic heterocycles. The van der Waals surface area contributed by atoms with E-state index in [0.717, 1.165) is 16.0 Å². The van der Waals surface area contributed by atoms with Crippen LogP contribution in [0.3, 0.4) is 0 Å². The van der Waals surface area contributed by atoms with E-state index in [1.54, 1.807) is 0 Å². The number of pyridine rings is 1. The van der Waals surface area contributed by atoms with Crippen LogP contribution < -0.4 is 4.90 Å². The molecule has 0 aromatic carbocycles. The van der Waals surface area contributed by atoms with E-state index in [0.29, 0.717) is 17.5 Å². The van der Waals surface area contributed by atoms with Crippen LogP contribution in [0.1, 0.15) is 29.9 Å². The van der Waals surface area contributed by atoms with Gasteiger partial charge in [-0.2, -0.15) is 0 Å². The quantitative estimate of drug-likeness (QED) is 0.484. The molecule has 8 heteroatoms. The van der Waals surface area contributed by atoms with Gasteiger partial charge in [-0.15, -0.1) is 0 Å². The van der Waals surface area contributed by atoms with E-state index in [1.807, 2.05) is 23.3 Å². The second-order valence-corrected chi connectivity index (χ2v) is 7.46. The molecule has 0 fully saturated rings. The fourth-order valence-electron chi connectivity index (χ4n) is 2.70. The summed E-state index contributed by atoms with van der Waals surface area (Å²) < 4.78 is 0.761. The largest absolute Gasteiger partial charge is 0.477 e. The van der Waals surface area contributed by atoms with Crippen molar-refractivity contribution in [1.82, 2.24) is 15.0 Å². The van der Waals surface area contributed by atoms with E-state index in [-0.39, 0.29) is 11.0 Å². The van der Waals surface area contributed by atoms with Crippen molar-refractivity contribution >= 4 is 45.2 Å². The average Bonchev–Trinajstić information content (AvgIpc) is 2.77. The van der Waals surface area contributed by atoms with Crippen molar-refractivity contribution in [2.75, 3.05) is 17.7 Å². The Hall–Kier alpha value is -1.67. The molecule has 0 spiro atoms. The van der Waals surface area contributed by atoms with Gasteiger partial charge in [-0.3, -0.25) is 0 Å². The minimum absolute atomic E-state index is 0.0920. The fraction of sp³-hybridized carbons (Fsp3) is 0.333. The molecule has 3 heterocycles. The molecule has 2 aromatic rings. The van der Waals surface area contributed by atoms with Crippen molar-refractivity contribution in [3.8, 4) is 0 Å². The van der Waals surface area contributed by atoms with Crippen LogP contribution >= 0.6 is 27.7 Å². The van der Waals surface area contributed by atoms with Gasteiger partial charge in [-0.05, 0) is 34.3 Å². The lowest BCUT2D eigenvalue weighted by molar-refractivity contribution is 0.0696. The highest BCUT2D eigenvalue weighted by molar-refractivity contribution is 9.10. The number of thioether (sulfide) groups is 1. The van der Waals surface area contributed by atoms with Crippen LogP contribution in [0.4, 0.5) is 11.5 Å². The highest BCUT2D eigenvalue weighted by Gasteiger charge is 2.39. The van der Waals surface area contributed by atoms with E-state index in [9.17, 15) is 9.90 Å². The maximum atomic E-state index is 11.6. The van der Waals surface area contributed by atoms with Crippen LogP contribution in [0.2, 0.25) is 0 Å². The van der Waals surface area contributed by atoms with Crippen molar-refractivity contribution in [3.63, 3.8) is 0 Å². The maximum Gasteiger partial charge on any atom is 0.341 e. The molecule has 120 valence electrons. The molecule has 0 radical (unpaired) electrons. The zero-order valence-corrected chi connectivity index (χ0v) is 15.3. The predicted molar refractivity (Wildman–Crippen MR) is 92.7 cm³/mol. The van der Waals surface area contributed by atoms with Crippen molar-refractivity contribution in [1.29, 1.82) is 0 Å². The van der Waals surface area contributed by atoms with E-state index < -0.39 is 5.97 Å². The average molecular weight is 395 g/mol. The molecule has 0 saturated heterocycles. The van der Waals surface area contributed by atoms with Crippen LogP contribution in [-0.2, 0) is 5.41 Å². The number of aromatic nitrogens is 3. The topological polar surface area (TPSA) is 79.2 Å². The zero-order chi connectivity index (χ0) is 16.8. The number of aromatic carboxylic acids is 1. The number of carboxylic acids is 1. The Labute approximate surface area is 146 Å². The van der Waals surface area contributed by atoms with Crippen molar-refractivity contribution in [2.45, 2.75) is 24.4 Å². The SMILES string of the molecule is CSc1ncc(C(=O)O)c(N2CC(C)(C)c3nc(Br)ccc32)n1. The predicted octanol–water partition coefficient (Wildman–Crippen LogP) is 3.48. The number of anilines is 2. The number of hydrogen-bond acceptors (Lipinski definition) is 6. The third-order valence-electron chi connectivity index (χ3n) is 3.74. The Balaban J connectivity index is 2.19. The third kappa shape index (κ3) is 2.81. The summed E-state index contributed by atoms with van der Waals surface area (Å²) in [7, 11) is 0. The Kier molecular flexibility index (Phi) is 4.05. The smallest absolute Gasteiger partial charge is 0.341 e. The van der Waals surface area contributed by atoms with Crippen LogP contribution in [0.15, 0.2) is 28.1 Å². The second kappa shape index (κ2) is 5.76. The highest BCUT2D eigenvalue weighted by atomic mass is 79.9. The van der Waals surface area contributed by atoms with Crippen molar-refractivity contribution in [2.24, 2.45) is 0 Å². The number of rotatable bonds is 3. The highest BCUT2D eigenvalue weighted by Crippen LogP contribution is 2.44. The molecule has 2 aromatic heterocycles. The third-order valence-corrected chi connectivity index (χ3v) is 4.74. The fourth-order valence-corrected chi connectivity index (χ4v) is 3.35. The van der Waals surface area contributed by atoms with Gasteiger partial charge in [0.1, 0.15) is 10.2 Å². The number of fused-ring (bicyclic) bond motifs is 1. The van der Waals surface area contributed by atoms with Gasteiger partial charge in [0.2, 0.25) is 0 Å². The van der Waals surface area contributed by atoms with Crippen LogP contribution in [0.25, 0.3) is 0 Å². The van der Waals surface area contributed by atoms with Gasteiger partial charge < -0.3 is 10.0 Å². The zero-order valence-electron chi connectivity index (χ0n) is 12.9. The lowest BCUT2D eigenvalue weighted by atomic mass is 9.91. The number of carboxylic acid groups (broad SMARTS) is 1. The normalized spacial score (nSPS) is 15.6. The number of carbonyl (C=O) groups is 1. The van der Waals surface area contributed by atoms with Gasteiger partial charge in [-0.1, -0.05) is 25.6 Å². The summed E-state index contributed by atoms with van der Waals surface area (Å²) in [6, 6.07) is 3.79. The lowest BCUT2D eigenvalue weighted by Crippen LogP contribution is -2.27. The molecule has 23 heavy (non-hydrogen) atoms. The van der Waals surface area contributed by atoms with Gasteiger partial charge in [0.25, 0.3) is 0 Å². The Bertz CT molecular complexity index is 797. The van der Waals surface area contributed by atoms with Gasteiger partial charge in [0, 0.05) is 18.2 Å². The number of nitrogens with zero attached hydrogens (tertiary/aromatic N) is 4. The summed E-state index contributed by atoms with van der Waals surface area (Å²) in [4.78, 5) is 26.6. The first-order valence-electron chi connectivity index (χ1n) is 6.92. The van der Waals surface area contributed by atoms with Crippen molar-refractivity contribution < 1.29 is 9.90 Å². The van der Waals surface area contributed by atoms with Gasteiger partial charge in [-0.25, -0.2) is 19.7 Å². The van der Waals surface area contributed by atoms with Gasteiger partial charge in [0.15, 0.2) is 11.0 Å². The summed E-state index contributed by atoms with van der Waals surface area (Å²) in [6.07, 6.45) is 3.23. The molecule has 3 rings (SSSR count). The summed E-state index contributed by atoms with van der Waals surface area (Å²) in [5.74, 6) is -0.628. The molecule has 0 aliphatic carbocycles. The second-order valence-electron chi connectivity index (χ2n) is 5.87. The number of halogens is 1. The molecule has 0 saturated carbocycles. The molecule has 0 bridgehead atoms. The van der Waals surface area contributed by atoms with E-state index in [4.69, 9.17) is 0 Å². The molecule has 0 atom stereocenters. The molecule has 1 N–H and O–H groups in total. The standard InChI is InChI=1S/C15H15BrN4O2S/c1-15(2)7-20(9-4-5-10(16)18-11(9)15)12-8(13(21)22)6-17-14(19-12)23-3/h4-6H,7H2,1-3H3,(H,21,22). The molecule has 0 amide bonds. The first-order valence-corrected chi connectivity index (χ1v) is 8.94. The molecular weight excluding hydrogens is 380 g/mol. The Morgan fingerprint density at radius 3 is 2.78 bits per heavy atom. The first kappa shape index (κ1) is 16.2. The molecule has 0 unspecified atom stereocenters. The van der Waals surface area contributed by atoms with Crippen LogP contribution in [0, 0.1) is 0 Å². The summed E-state index contributed by atoms with van der Waals surface area (Å²) >= 11 is 4.78. The van der Waals surface area contributed by atoms with E-state index in [1.165, 1.54) is 18.0 Å². The monoisotopic (exact) mass is 394 g/mol. The van der Waals surface area contributed by atoms with Crippen LogP contribution in [0.5, 0.6) is 0 Å². The Morgan fingerprint density at radius 1 is 1.39 bits per heavy atom. The van der Waals surface area contributed by atoms with E-state index in [2.05, 4.69) is 44.7 Å². The number of hydrogen-bond donors (Lipinski definition) is 1. The molecule has 6 nitrogen and oxygen atoms in total. The minimum atomic E-state index is -1.04. The summed E-state index contributed by atoms with van der Waals surface area (Å²) in [5.41, 5.74) is 1.69. The van der Waals surface area contributed by atoms with Crippen molar-refractivity contribution in [3.05, 3.63) is 34.2 Å². The summed E-state index contributed by atoms with van der Waals surface area (Å²) in [5, 5.41) is 10.0. The lowest BCUT2D eigenvalue weighted by Gasteiger charge is -2.22. The van der Waals surface area contributed by atoms with Gasteiger partial charge in [0.05, 0.1) is 11.4 Å². The minimum Gasteiger partial charge on any atom is -0.477 e. The Morgan fingerprint density at radius 2 is 2.13 bits per heavy atom. The van der Waals surface area contributed by atoms with Crippen LogP contribution in [-0.4, -0.2) is 38.8 Å². The summed E-state index contributed by atoms with van der Waals surface area (Å²) in [6.45, 7) is 4.78. The molecule has 1 aliphatic rings. The molecular formula is C15H15BrN4O2S. The van der Waals surface area contributed by atoms with E-state index >= 15 is 0 Å². The maximum absolute atomic E-state index is 11.6. The van der Waals surface area contributed by atoms with Gasteiger partial charge >= 0.3 is 5.97 Å².